The van der Waals surface area contributed by atoms with Gasteiger partial charge in [-0.05, 0) is 54.9 Å². The maximum Gasteiger partial charge on any atom is 0.229 e. The molecule has 0 aliphatic heterocycles. The van der Waals surface area contributed by atoms with Gasteiger partial charge in [-0.3, -0.25) is 4.79 Å². The first kappa shape index (κ1) is 15.5. The second-order valence-electron chi connectivity index (χ2n) is 5.52. The normalized spacial score (nSPS) is 13.2. The summed E-state index contributed by atoms with van der Waals surface area (Å²) in [5, 5.41) is 6.04. The van der Waals surface area contributed by atoms with Gasteiger partial charge in [0.2, 0.25) is 5.91 Å². The number of ether oxygens (including phenoxy) is 1. The summed E-state index contributed by atoms with van der Waals surface area (Å²) < 4.78 is 5.73. The number of anilines is 1. The number of thiocarbonyl (C=S) groups is 1. The SMILES string of the molecule is O=C(NC(=S)Nc1ccc(OCc2ccccc2)cc1)C1CC1. The molecule has 1 amide bonds. The maximum atomic E-state index is 11.6. The molecule has 118 valence electrons. The van der Waals surface area contributed by atoms with Crippen molar-refractivity contribution in [3.63, 3.8) is 0 Å². The number of nitrogens with one attached hydrogen (secondary N) is 2. The number of carbonyl (C=O) groups excluding carboxylic acids is 1. The van der Waals surface area contributed by atoms with E-state index >= 15 is 0 Å². The number of rotatable bonds is 5. The molecule has 0 heterocycles. The molecule has 2 aromatic carbocycles. The van der Waals surface area contributed by atoms with E-state index in [2.05, 4.69) is 10.6 Å². The summed E-state index contributed by atoms with van der Waals surface area (Å²) >= 11 is 5.13. The van der Waals surface area contributed by atoms with E-state index in [0.29, 0.717) is 11.7 Å². The summed E-state index contributed by atoms with van der Waals surface area (Å²) in [6.07, 6.45) is 1.92. The van der Waals surface area contributed by atoms with Crippen LogP contribution in [0.3, 0.4) is 0 Å². The molecule has 5 heteroatoms. The highest BCUT2D eigenvalue weighted by Gasteiger charge is 2.29. The van der Waals surface area contributed by atoms with Gasteiger partial charge in [-0.1, -0.05) is 30.3 Å². The molecule has 0 aromatic heterocycles. The van der Waals surface area contributed by atoms with Crippen molar-refractivity contribution in [3.8, 4) is 5.75 Å². The van der Waals surface area contributed by atoms with Crippen LogP contribution in [0.5, 0.6) is 5.75 Å². The predicted octanol–water partition coefficient (Wildman–Crippen LogP) is 3.49. The van der Waals surface area contributed by atoms with Crippen LogP contribution in [0.2, 0.25) is 0 Å². The highest BCUT2D eigenvalue weighted by Crippen LogP contribution is 2.28. The fraction of sp³-hybridized carbons (Fsp3) is 0.222. The average Bonchev–Trinajstić information content (AvgIpc) is 3.40. The van der Waals surface area contributed by atoms with E-state index in [1.807, 2.05) is 54.6 Å². The lowest BCUT2D eigenvalue weighted by Crippen LogP contribution is -2.35. The van der Waals surface area contributed by atoms with Gasteiger partial charge in [0.25, 0.3) is 0 Å². The summed E-state index contributed by atoms with van der Waals surface area (Å²) in [5.74, 6) is 0.932. The molecule has 0 unspecified atom stereocenters. The Labute approximate surface area is 140 Å². The van der Waals surface area contributed by atoms with Crippen molar-refractivity contribution < 1.29 is 9.53 Å². The first-order chi connectivity index (χ1) is 11.2. The van der Waals surface area contributed by atoms with Gasteiger partial charge >= 0.3 is 0 Å². The molecule has 1 saturated carbocycles. The summed E-state index contributed by atoms with van der Waals surface area (Å²) in [6, 6.07) is 17.5. The summed E-state index contributed by atoms with van der Waals surface area (Å²) in [4.78, 5) is 11.6. The number of benzene rings is 2. The third kappa shape index (κ3) is 4.79. The molecule has 0 bridgehead atoms. The van der Waals surface area contributed by atoms with Crippen LogP contribution in [0.4, 0.5) is 5.69 Å². The Morgan fingerprint density at radius 3 is 2.43 bits per heavy atom. The quantitative estimate of drug-likeness (QED) is 0.826. The Hall–Kier alpha value is -2.40. The van der Waals surface area contributed by atoms with Crippen molar-refractivity contribution in [3.05, 3.63) is 60.2 Å². The smallest absolute Gasteiger partial charge is 0.229 e. The molecule has 1 fully saturated rings. The van der Waals surface area contributed by atoms with Gasteiger partial charge in [-0.2, -0.15) is 0 Å². The summed E-state index contributed by atoms with van der Waals surface area (Å²) in [5.41, 5.74) is 1.94. The molecule has 4 nitrogen and oxygen atoms in total. The second kappa shape index (κ2) is 7.24. The van der Waals surface area contributed by atoms with Gasteiger partial charge in [-0.15, -0.1) is 0 Å². The molecular weight excluding hydrogens is 308 g/mol. The fourth-order valence-electron chi connectivity index (χ4n) is 2.10. The predicted molar refractivity (Wildman–Crippen MR) is 94.3 cm³/mol. The van der Waals surface area contributed by atoms with Crippen molar-refractivity contribution in [1.29, 1.82) is 0 Å². The zero-order valence-electron chi connectivity index (χ0n) is 12.6. The minimum Gasteiger partial charge on any atom is -0.489 e. The molecule has 2 N–H and O–H groups in total. The molecule has 2 aromatic rings. The van der Waals surface area contributed by atoms with Crippen molar-refractivity contribution in [2.45, 2.75) is 19.4 Å². The first-order valence-corrected chi connectivity index (χ1v) is 8.00. The summed E-state index contributed by atoms with van der Waals surface area (Å²) in [6.45, 7) is 0.531. The van der Waals surface area contributed by atoms with Crippen molar-refractivity contribution in [2.75, 3.05) is 5.32 Å². The topological polar surface area (TPSA) is 50.4 Å². The van der Waals surface area contributed by atoms with Crippen molar-refractivity contribution in [1.82, 2.24) is 5.32 Å². The summed E-state index contributed by atoms with van der Waals surface area (Å²) in [7, 11) is 0. The fourth-order valence-corrected chi connectivity index (χ4v) is 2.32. The van der Waals surface area contributed by atoms with E-state index in [-0.39, 0.29) is 11.8 Å². The van der Waals surface area contributed by atoms with Crippen molar-refractivity contribution in [2.24, 2.45) is 5.92 Å². The Balaban J connectivity index is 1.48. The monoisotopic (exact) mass is 326 g/mol. The van der Waals surface area contributed by atoms with E-state index in [1.54, 1.807) is 0 Å². The Bertz CT molecular complexity index is 682. The lowest BCUT2D eigenvalue weighted by atomic mass is 10.2. The molecule has 0 radical (unpaired) electrons. The van der Waals surface area contributed by atoms with Gasteiger partial charge in [0.1, 0.15) is 12.4 Å². The van der Waals surface area contributed by atoms with Crippen LogP contribution < -0.4 is 15.4 Å². The lowest BCUT2D eigenvalue weighted by molar-refractivity contribution is -0.120. The van der Waals surface area contributed by atoms with Crippen LogP contribution in [0.15, 0.2) is 54.6 Å². The third-order valence-corrected chi connectivity index (χ3v) is 3.75. The highest BCUT2D eigenvalue weighted by atomic mass is 32.1. The van der Waals surface area contributed by atoms with E-state index < -0.39 is 0 Å². The lowest BCUT2D eigenvalue weighted by Gasteiger charge is -2.10. The molecule has 1 aliphatic rings. The van der Waals surface area contributed by atoms with E-state index in [9.17, 15) is 4.79 Å². The minimum absolute atomic E-state index is 0.00492. The van der Waals surface area contributed by atoms with Gasteiger partial charge in [0.05, 0.1) is 0 Å². The van der Waals surface area contributed by atoms with Gasteiger partial charge in [0.15, 0.2) is 5.11 Å². The van der Waals surface area contributed by atoms with Gasteiger partial charge in [-0.25, -0.2) is 0 Å². The van der Waals surface area contributed by atoms with Crippen LogP contribution in [0.25, 0.3) is 0 Å². The Morgan fingerprint density at radius 1 is 1.09 bits per heavy atom. The largest absolute Gasteiger partial charge is 0.489 e. The van der Waals surface area contributed by atoms with Crippen LogP contribution >= 0.6 is 12.2 Å². The molecule has 23 heavy (non-hydrogen) atoms. The Kier molecular flexibility index (Phi) is 4.88. The van der Waals surface area contributed by atoms with E-state index in [4.69, 9.17) is 17.0 Å². The molecule has 1 aliphatic carbocycles. The number of carbonyl (C=O) groups is 1. The van der Waals surface area contributed by atoms with E-state index in [0.717, 1.165) is 29.8 Å². The molecule has 0 atom stereocenters. The van der Waals surface area contributed by atoms with Crippen molar-refractivity contribution >= 4 is 28.9 Å². The zero-order chi connectivity index (χ0) is 16.1. The highest BCUT2D eigenvalue weighted by molar-refractivity contribution is 7.80. The Morgan fingerprint density at radius 2 is 1.78 bits per heavy atom. The van der Waals surface area contributed by atoms with Gasteiger partial charge in [0, 0.05) is 11.6 Å². The minimum atomic E-state index is 0.00492. The van der Waals surface area contributed by atoms with Gasteiger partial charge < -0.3 is 15.4 Å². The second-order valence-corrected chi connectivity index (χ2v) is 5.92. The molecule has 3 rings (SSSR count). The molecular formula is C18H18N2O2S. The maximum absolute atomic E-state index is 11.6. The van der Waals surface area contributed by atoms with E-state index in [1.165, 1.54) is 0 Å². The average molecular weight is 326 g/mol. The van der Waals surface area contributed by atoms with Crippen LogP contribution in [-0.2, 0) is 11.4 Å². The third-order valence-electron chi connectivity index (χ3n) is 3.55. The molecule has 0 saturated heterocycles. The number of hydrogen-bond acceptors (Lipinski definition) is 3. The first-order valence-electron chi connectivity index (χ1n) is 7.59. The number of hydrogen-bond donors (Lipinski definition) is 2. The standard InChI is InChI=1S/C18H18N2O2S/c21-17(14-6-7-14)20-18(23)19-15-8-10-16(11-9-15)22-12-13-4-2-1-3-5-13/h1-5,8-11,14H,6-7,12H2,(H2,19,20,21,23). The zero-order valence-corrected chi connectivity index (χ0v) is 13.4. The van der Waals surface area contributed by atoms with Crippen LogP contribution in [-0.4, -0.2) is 11.0 Å². The molecule has 0 spiro atoms. The van der Waals surface area contributed by atoms with Crippen LogP contribution in [0.1, 0.15) is 18.4 Å². The van der Waals surface area contributed by atoms with Crippen LogP contribution in [0, 0.1) is 5.92 Å². The number of amides is 1.